The smallest absolute Gasteiger partial charge is 0.259 e. The standard InChI is InChI=1S/C23H22ClN3O3/c1-15(2)30-17-7-3-6-16(14-17)26-23(28)18-8-4-10-20-21(18)29-13-12-27(20)22-19(24)9-5-11-25-22/h3-11,14-15H,12-13H2,1-2H3,(H,26,28). The summed E-state index contributed by atoms with van der Waals surface area (Å²) < 4.78 is 11.6. The molecule has 2 heterocycles. The molecule has 154 valence electrons. The fourth-order valence-corrected chi connectivity index (χ4v) is 3.56. The van der Waals surface area contributed by atoms with Crippen LogP contribution in [0.5, 0.6) is 11.5 Å². The number of rotatable bonds is 5. The Balaban J connectivity index is 1.63. The van der Waals surface area contributed by atoms with Crippen LogP contribution in [0.2, 0.25) is 5.02 Å². The van der Waals surface area contributed by atoms with Crippen molar-refractivity contribution < 1.29 is 14.3 Å². The number of fused-ring (bicyclic) bond motifs is 1. The van der Waals surface area contributed by atoms with E-state index in [0.29, 0.717) is 46.7 Å². The molecule has 6 nitrogen and oxygen atoms in total. The first kappa shape index (κ1) is 20.0. The van der Waals surface area contributed by atoms with Gasteiger partial charge in [0.15, 0.2) is 11.6 Å². The van der Waals surface area contributed by atoms with Crippen LogP contribution in [0.4, 0.5) is 17.2 Å². The number of carbonyl (C=O) groups excluding carboxylic acids is 1. The number of pyridine rings is 1. The summed E-state index contributed by atoms with van der Waals surface area (Å²) in [6.07, 6.45) is 1.74. The monoisotopic (exact) mass is 423 g/mol. The predicted molar refractivity (Wildman–Crippen MR) is 118 cm³/mol. The third-order valence-corrected chi connectivity index (χ3v) is 4.84. The number of ether oxygens (including phenoxy) is 2. The summed E-state index contributed by atoms with van der Waals surface area (Å²) in [6, 6.07) is 16.4. The molecule has 2 aromatic carbocycles. The molecule has 7 heteroatoms. The second-order valence-electron chi connectivity index (χ2n) is 7.11. The number of benzene rings is 2. The van der Waals surface area contributed by atoms with E-state index in [1.165, 1.54) is 0 Å². The lowest BCUT2D eigenvalue weighted by Crippen LogP contribution is -2.30. The van der Waals surface area contributed by atoms with E-state index in [9.17, 15) is 4.79 Å². The molecular formula is C23H22ClN3O3. The average Bonchev–Trinajstić information content (AvgIpc) is 2.73. The van der Waals surface area contributed by atoms with Crippen LogP contribution < -0.4 is 19.7 Å². The van der Waals surface area contributed by atoms with Crippen molar-refractivity contribution in [1.82, 2.24) is 4.98 Å². The minimum atomic E-state index is -0.262. The minimum Gasteiger partial charge on any atom is -0.491 e. The number of hydrogen-bond acceptors (Lipinski definition) is 5. The predicted octanol–water partition coefficient (Wildman–Crippen LogP) is 5.31. The van der Waals surface area contributed by atoms with Crippen LogP contribution >= 0.6 is 11.6 Å². The fraction of sp³-hybridized carbons (Fsp3) is 0.217. The number of nitrogens with one attached hydrogen (secondary N) is 1. The number of nitrogens with zero attached hydrogens (tertiary/aromatic N) is 2. The maximum atomic E-state index is 13.0. The molecule has 0 saturated carbocycles. The Hall–Kier alpha value is -3.25. The second kappa shape index (κ2) is 8.63. The Bertz CT molecular complexity index is 1070. The number of anilines is 3. The minimum absolute atomic E-state index is 0.0508. The Labute approximate surface area is 180 Å². The molecule has 0 fully saturated rings. The summed E-state index contributed by atoms with van der Waals surface area (Å²) >= 11 is 6.35. The molecule has 0 bridgehead atoms. The Morgan fingerprint density at radius 2 is 2.03 bits per heavy atom. The quantitative estimate of drug-likeness (QED) is 0.602. The van der Waals surface area contributed by atoms with Gasteiger partial charge in [-0.05, 0) is 50.2 Å². The maximum Gasteiger partial charge on any atom is 0.259 e. The zero-order valence-corrected chi connectivity index (χ0v) is 17.5. The normalized spacial score (nSPS) is 12.9. The van der Waals surface area contributed by atoms with E-state index in [1.807, 2.05) is 49.1 Å². The van der Waals surface area contributed by atoms with E-state index in [-0.39, 0.29) is 12.0 Å². The van der Waals surface area contributed by atoms with Crippen molar-refractivity contribution in [3.8, 4) is 11.5 Å². The summed E-state index contributed by atoms with van der Waals surface area (Å²) in [5.74, 6) is 1.59. The third-order valence-electron chi connectivity index (χ3n) is 4.55. The first-order valence-corrected chi connectivity index (χ1v) is 10.1. The van der Waals surface area contributed by atoms with Crippen LogP contribution in [0.3, 0.4) is 0 Å². The van der Waals surface area contributed by atoms with Crippen LogP contribution in [0.1, 0.15) is 24.2 Å². The van der Waals surface area contributed by atoms with E-state index in [4.69, 9.17) is 21.1 Å². The molecule has 3 aromatic rings. The van der Waals surface area contributed by atoms with Gasteiger partial charge in [0.25, 0.3) is 5.91 Å². The first-order valence-electron chi connectivity index (χ1n) is 9.75. The number of halogens is 1. The molecule has 0 saturated heterocycles. The highest BCUT2D eigenvalue weighted by molar-refractivity contribution is 6.33. The Morgan fingerprint density at radius 1 is 1.20 bits per heavy atom. The van der Waals surface area contributed by atoms with E-state index in [1.54, 1.807) is 30.5 Å². The number of carbonyl (C=O) groups is 1. The zero-order valence-electron chi connectivity index (χ0n) is 16.8. The van der Waals surface area contributed by atoms with Gasteiger partial charge in [0.2, 0.25) is 0 Å². The van der Waals surface area contributed by atoms with Crippen molar-refractivity contribution in [1.29, 1.82) is 0 Å². The van der Waals surface area contributed by atoms with Gasteiger partial charge in [0.05, 0.1) is 28.9 Å². The number of aromatic nitrogens is 1. The number of para-hydroxylation sites is 1. The average molecular weight is 424 g/mol. The summed E-state index contributed by atoms with van der Waals surface area (Å²) in [4.78, 5) is 19.4. The maximum absolute atomic E-state index is 13.0. The largest absolute Gasteiger partial charge is 0.491 e. The van der Waals surface area contributed by atoms with Gasteiger partial charge < -0.3 is 19.7 Å². The SMILES string of the molecule is CC(C)Oc1cccc(NC(=O)c2cccc3c2OCCN3c2ncccc2Cl)c1. The van der Waals surface area contributed by atoms with Gasteiger partial charge in [0, 0.05) is 18.0 Å². The van der Waals surface area contributed by atoms with Gasteiger partial charge in [-0.3, -0.25) is 4.79 Å². The fourth-order valence-electron chi connectivity index (χ4n) is 3.34. The lowest BCUT2D eigenvalue weighted by atomic mass is 10.1. The lowest BCUT2D eigenvalue weighted by molar-refractivity contribution is 0.102. The van der Waals surface area contributed by atoms with Gasteiger partial charge >= 0.3 is 0 Å². The van der Waals surface area contributed by atoms with Crippen LogP contribution in [0, 0.1) is 0 Å². The van der Waals surface area contributed by atoms with Crippen molar-refractivity contribution in [3.05, 3.63) is 71.4 Å². The Kier molecular flexibility index (Phi) is 5.77. The van der Waals surface area contributed by atoms with Crippen molar-refractivity contribution in [2.45, 2.75) is 20.0 Å². The van der Waals surface area contributed by atoms with Crippen molar-refractivity contribution >= 4 is 34.7 Å². The summed E-state index contributed by atoms with van der Waals surface area (Å²) in [5.41, 5.74) is 1.85. The van der Waals surface area contributed by atoms with Crippen molar-refractivity contribution in [3.63, 3.8) is 0 Å². The van der Waals surface area contributed by atoms with Gasteiger partial charge in [-0.1, -0.05) is 23.7 Å². The lowest BCUT2D eigenvalue weighted by Gasteiger charge is -2.31. The Morgan fingerprint density at radius 3 is 2.83 bits per heavy atom. The summed E-state index contributed by atoms with van der Waals surface area (Å²) in [6.45, 7) is 4.92. The molecule has 0 radical (unpaired) electrons. The molecule has 0 unspecified atom stereocenters. The molecule has 1 amide bonds. The summed E-state index contributed by atoms with van der Waals surface area (Å²) in [5, 5.41) is 3.47. The molecule has 1 aromatic heterocycles. The highest BCUT2D eigenvalue weighted by Crippen LogP contribution is 2.40. The summed E-state index contributed by atoms with van der Waals surface area (Å²) in [7, 11) is 0. The number of hydrogen-bond donors (Lipinski definition) is 1. The molecular weight excluding hydrogens is 402 g/mol. The van der Waals surface area contributed by atoms with E-state index in [2.05, 4.69) is 10.3 Å². The van der Waals surface area contributed by atoms with Crippen molar-refractivity contribution in [2.75, 3.05) is 23.4 Å². The highest BCUT2D eigenvalue weighted by atomic mass is 35.5. The second-order valence-corrected chi connectivity index (χ2v) is 7.52. The molecule has 1 aliphatic heterocycles. The topological polar surface area (TPSA) is 63.7 Å². The molecule has 4 rings (SSSR count). The third kappa shape index (κ3) is 4.19. The first-order chi connectivity index (χ1) is 14.5. The van der Waals surface area contributed by atoms with Crippen LogP contribution in [0.25, 0.3) is 0 Å². The molecule has 0 spiro atoms. The molecule has 0 atom stereocenters. The van der Waals surface area contributed by atoms with Gasteiger partial charge in [-0.2, -0.15) is 0 Å². The highest BCUT2D eigenvalue weighted by Gasteiger charge is 2.26. The van der Waals surface area contributed by atoms with E-state index < -0.39 is 0 Å². The van der Waals surface area contributed by atoms with Gasteiger partial charge in [0.1, 0.15) is 12.4 Å². The molecule has 30 heavy (non-hydrogen) atoms. The van der Waals surface area contributed by atoms with Crippen molar-refractivity contribution in [2.24, 2.45) is 0 Å². The van der Waals surface area contributed by atoms with E-state index >= 15 is 0 Å². The van der Waals surface area contributed by atoms with Gasteiger partial charge in [-0.15, -0.1) is 0 Å². The van der Waals surface area contributed by atoms with E-state index in [0.717, 1.165) is 5.69 Å². The molecule has 1 aliphatic rings. The molecule has 1 N–H and O–H groups in total. The van der Waals surface area contributed by atoms with Crippen LogP contribution in [0.15, 0.2) is 60.8 Å². The molecule has 0 aliphatic carbocycles. The van der Waals surface area contributed by atoms with Crippen LogP contribution in [-0.4, -0.2) is 30.1 Å². The number of amides is 1. The van der Waals surface area contributed by atoms with Gasteiger partial charge in [-0.25, -0.2) is 4.98 Å². The van der Waals surface area contributed by atoms with Crippen LogP contribution in [-0.2, 0) is 0 Å². The zero-order chi connectivity index (χ0) is 21.1.